The maximum Gasteiger partial charge on any atom is 0.165 e. The third-order valence-corrected chi connectivity index (χ3v) is 4.53. The number of hydrogen-bond acceptors (Lipinski definition) is 4. The number of benzene rings is 1. The van der Waals surface area contributed by atoms with Crippen molar-refractivity contribution in [2.24, 2.45) is 0 Å². The lowest BCUT2D eigenvalue weighted by Gasteiger charge is -2.15. The van der Waals surface area contributed by atoms with Crippen LogP contribution < -0.4 is 9.47 Å². The van der Waals surface area contributed by atoms with E-state index < -0.39 is 0 Å². The molecule has 0 spiro atoms. The van der Waals surface area contributed by atoms with Crippen LogP contribution in [-0.2, 0) is 6.42 Å². The van der Waals surface area contributed by atoms with Gasteiger partial charge in [0.1, 0.15) is 0 Å². The van der Waals surface area contributed by atoms with Gasteiger partial charge in [0.15, 0.2) is 23.0 Å². The monoisotopic (exact) mass is 388 g/mol. The van der Waals surface area contributed by atoms with Crippen molar-refractivity contribution in [3.8, 4) is 23.0 Å². The van der Waals surface area contributed by atoms with Crippen molar-refractivity contribution in [1.82, 2.24) is 0 Å². The van der Waals surface area contributed by atoms with Gasteiger partial charge in [-0.15, -0.1) is 6.58 Å². The average Bonchev–Trinajstić information content (AvgIpc) is 2.70. The third kappa shape index (κ3) is 8.55. The second-order valence-electron chi connectivity index (χ2n) is 6.70. The molecular weight excluding hydrogens is 352 g/mol. The zero-order valence-electron chi connectivity index (χ0n) is 17.5. The van der Waals surface area contributed by atoms with Gasteiger partial charge in [-0.3, -0.25) is 0 Å². The van der Waals surface area contributed by atoms with Gasteiger partial charge < -0.3 is 19.7 Å². The van der Waals surface area contributed by atoms with E-state index in [1.54, 1.807) is 0 Å². The van der Waals surface area contributed by atoms with E-state index in [1.807, 2.05) is 13.0 Å². The second-order valence-corrected chi connectivity index (χ2v) is 6.70. The summed E-state index contributed by atoms with van der Waals surface area (Å²) in [5, 5.41) is 20.6. The summed E-state index contributed by atoms with van der Waals surface area (Å²) >= 11 is 0. The van der Waals surface area contributed by atoms with Crippen molar-refractivity contribution in [2.75, 3.05) is 13.7 Å². The summed E-state index contributed by atoms with van der Waals surface area (Å²) < 4.78 is 10.6. The number of ether oxygens (including phenoxy) is 2. The molecular formula is C24H36O4. The standard InChI is InChI=1S/C24H36O4/c1-4-6-7-8-9-10-11-12-13-14-15-16-17-18-20-23(25)21(27-3)19-22(24(20)26)28-5-2/h4,7-8,10-11,19,25-26H,1,5-6,9,12-18H2,2-3H3/b8-7+,11-10+. The van der Waals surface area contributed by atoms with Crippen molar-refractivity contribution >= 4 is 0 Å². The van der Waals surface area contributed by atoms with Crippen LogP contribution in [0.25, 0.3) is 0 Å². The largest absolute Gasteiger partial charge is 0.504 e. The topological polar surface area (TPSA) is 58.9 Å². The Morgan fingerprint density at radius 1 is 0.893 bits per heavy atom. The van der Waals surface area contributed by atoms with Crippen LogP contribution in [0.4, 0.5) is 0 Å². The molecule has 0 bridgehead atoms. The highest BCUT2D eigenvalue weighted by Gasteiger charge is 2.18. The van der Waals surface area contributed by atoms with E-state index in [9.17, 15) is 10.2 Å². The van der Waals surface area contributed by atoms with Gasteiger partial charge in [0.05, 0.1) is 13.7 Å². The van der Waals surface area contributed by atoms with E-state index in [-0.39, 0.29) is 11.5 Å². The molecule has 0 saturated carbocycles. The summed E-state index contributed by atoms with van der Waals surface area (Å²) in [4.78, 5) is 0. The molecule has 1 aromatic carbocycles. The van der Waals surface area contributed by atoms with Gasteiger partial charge in [-0.05, 0) is 45.4 Å². The van der Waals surface area contributed by atoms with Gasteiger partial charge >= 0.3 is 0 Å². The Kier molecular flexibility index (Phi) is 12.4. The SMILES string of the molecule is C=CC/C=C/C/C=C/CCCCCCCc1c(O)c(OC)cc(OCC)c1O. The molecule has 0 aromatic heterocycles. The molecule has 0 atom stereocenters. The Morgan fingerprint density at radius 2 is 1.54 bits per heavy atom. The number of aromatic hydroxyl groups is 2. The van der Waals surface area contributed by atoms with Crippen molar-refractivity contribution in [2.45, 2.75) is 64.7 Å². The summed E-state index contributed by atoms with van der Waals surface area (Å²) in [5.41, 5.74) is 0.509. The van der Waals surface area contributed by atoms with Gasteiger partial charge in [-0.2, -0.15) is 0 Å². The summed E-state index contributed by atoms with van der Waals surface area (Å²) in [6.45, 7) is 5.99. The highest BCUT2D eigenvalue weighted by molar-refractivity contribution is 5.59. The lowest BCUT2D eigenvalue weighted by Crippen LogP contribution is -1.98. The maximum absolute atomic E-state index is 10.4. The van der Waals surface area contributed by atoms with E-state index >= 15 is 0 Å². The molecule has 28 heavy (non-hydrogen) atoms. The van der Waals surface area contributed by atoms with Crippen LogP contribution in [0.1, 0.15) is 63.9 Å². The third-order valence-electron chi connectivity index (χ3n) is 4.53. The summed E-state index contributed by atoms with van der Waals surface area (Å²) in [5.74, 6) is 0.726. The van der Waals surface area contributed by atoms with E-state index in [2.05, 4.69) is 30.9 Å². The molecule has 4 heteroatoms. The smallest absolute Gasteiger partial charge is 0.165 e. The van der Waals surface area contributed by atoms with E-state index in [4.69, 9.17) is 9.47 Å². The quantitative estimate of drug-likeness (QED) is 0.267. The molecule has 1 aromatic rings. The lowest BCUT2D eigenvalue weighted by atomic mass is 10.0. The fourth-order valence-electron chi connectivity index (χ4n) is 3.00. The molecule has 0 unspecified atom stereocenters. The molecule has 0 fully saturated rings. The van der Waals surface area contributed by atoms with Gasteiger partial charge in [0, 0.05) is 11.6 Å². The molecule has 0 aliphatic rings. The van der Waals surface area contributed by atoms with Gasteiger partial charge in [-0.1, -0.05) is 49.6 Å². The number of phenolic OH excluding ortho intramolecular Hbond substituents is 2. The Labute approximate surface area is 170 Å². The van der Waals surface area contributed by atoms with Crippen molar-refractivity contribution in [3.05, 3.63) is 48.6 Å². The highest BCUT2D eigenvalue weighted by Crippen LogP contribution is 2.43. The molecule has 0 aliphatic heterocycles. The van der Waals surface area contributed by atoms with Gasteiger partial charge in [-0.25, -0.2) is 0 Å². The van der Waals surface area contributed by atoms with E-state index in [1.165, 1.54) is 26.0 Å². The summed E-state index contributed by atoms with van der Waals surface area (Å²) in [7, 11) is 1.50. The molecule has 1 rings (SSSR count). The Hall–Kier alpha value is -2.36. The number of unbranched alkanes of at least 4 members (excludes halogenated alkanes) is 5. The normalized spacial score (nSPS) is 11.4. The zero-order valence-corrected chi connectivity index (χ0v) is 17.5. The van der Waals surface area contributed by atoms with Crippen LogP contribution in [0.3, 0.4) is 0 Å². The molecule has 0 radical (unpaired) electrons. The van der Waals surface area contributed by atoms with E-state index in [0.29, 0.717) is 30.1 Å². The first-order chi connectivity index (χ1) is 13.7. The predicted molar refractivity (Wildman–Crippen MR) is 117 cm³/mol. The Balaban J connectivity index is 2.30. The maximum atomic E-state index is 10.4. The number of allylic oxidation sites excluding steroid dienone is 5. The van der Waals surface area contributed by atoms with Crippen molar-refractivity contribution in [1.29, 1.82) is 0 Å². The molecule has 0 aliphatic carbocycles. The van der Waals surface area contributed by atoms with Crippen molar-refractivity contribution < 1.29 is 19.7 Å². The molecule has 0 heterocycles. The Morgan fingerprint density at radius 3 is 2.25 bits per heavy atom. The Bertz CT molecular complexity index is 632. The molecule has 0 saturated heterocycles. The number of rotatable bonds is 15. The van der Waals surface area contributed by atoms with Crippen LogP contribution in [-0.4, -0.2) is 23.9 Å². The van der Waals surface area contributed by atoms with Crippen LogP contribution in [0.15, 0.2) is 43.0 Å². The molecule has 156 valence electrons. The van der Waals surface area contributed by atoms with Crippen LogP contribution in [0.5, 0.6) is 23.0 Å². The van der Waals surface area contributed by atoms with Gasteiger partial charge in [0.2, 0.25) is 0 Å². The number of phenols is 2. The first kappa shape index (κ1) is 23.7. The van der Waals surface area contributed by atoms with Crippen LogP contribution in [0.2, 0.25) is 0 Å². The number of methoxy groups -OCH3 is 1. The fraction of sp³-hybridized carbons (Fsp3) is 0.500. The molecule has 0 amide bonds. The minimum absolute atomic E-state index is 0.00994. The fourth-order valence-corrected chi connectivity index (χ4v) is 3.00. The van der Waals surface area contributed by atoms with Crippen LogP contribution in [0, 0.1) is 0 Å². The zero-order chi connectivity index (χ0) is 20.6. The van der Waals surface area contributed by atoms with Gasteiger partial charge in [0.25, 0.3) is 0 Å². The number of hydrogen-bond donors (Lipinski definition) is 2. The molecule has 4 nitrogen and oxygen atoms in total. The van der Waals surface area contributed by atoms with Crippen molar-refractivity contribution in [3.63, 3.8) is 0 Å². The first-order valence-electron chi connectivity index (χ1n) is 10.3. The minimum Gasteiger partial charge on any atom is -0.504 e. The second kappa shape index (κ2) is 14.7. The summed E-state index contributed by atoms with van der Waals surface area (Å²) in [6.07, 6.45) is 19.8. The van der Waals surface area contributed by atoms with Crippen LogP contribution >= 0.6 is 0 Å². The first-order valence-corrected chi connectivity index (χ1v) is 10.3. The molecule has 2 N–H and O–H groups in total. The average molecular weight is 389 g/mol. The highest BCUT2D eigenvalue weighted by atomic mass is 16.5. The summed E-state index contributed by atoms with van der Waals surface area (Å²) in [6, 6.07) is 1.53. The minimum atomic E-state index is 0.00994. The van der Waals surface area contributed by atoms with E-state index in [0.717, 1.165) is 38.5 Å². The predicted octanol–water partition coefficient (Wildman–Crippen LogP) is 6.47. The lowest BCUT2D eigenvalue weighted by molar-refractivity contribution is 0.306.